The summed E-state index contributed by atoms with van der Waals surface area (Å²) in [7, 11) is 0. The maximum atomic E-state index is 12.9. The number of aromatic nitrogens is 1. The van der Waals surface area contributed by atoms with Gasteiger partial charge >= 0.3 is 0 Å². The van der Waals surface area contributed by atoms with Crippen LogP contribution in [0.2, 0.25) is 0 Å². The van der Waals surface area contributed by atoms with Crippen molar-refractivity contribution in [2.75, 3.05) is 37.4 Å². The first kappa shape index (κ1) is 21.1. The number of anilines is 1. The van der Waals surface area contributed by atoms with Crippen LogP contribution in [0.5, 0.6) is 0 Å². The van der Waals surface area contributed by atoms with E-state index >= 15 is 0 Å². The second-order valence-corrected chi connectivity index (χ2v) is 9.20. The van der Waals surface area contributed by atoms with Crippen molar-refractivity contribution in [1.29, 1.82) is 0 Å². The van der Waals surface area contributed by atoms with Gasteiger partial charge in [-0.15, -0.1) is 11.8 Å². The highest BCUT2D eigenvalue weighted by Crippen LogP contribution is 2.28. The molecule has 1 saturated heterocycles. The average molecular weight is 440 g/mol. The summed E-state index contributed by atoms with van der Waals surface area (Å²) in [5, 5.41) is 10.8. The molecule has 1 unspecified atom stereocenters. The maximum Gasteiger partial charge on any atom is 0.204 e. The van der Waals surface area contributed by atoms with E-state index in [9.17, 15) is 9.90 Å². The molecular formula is C23H25N3O2S2. The van der Waals surface area contributed by atoms with E-state index in [2.05, 4.69) is 26.9 Å². The summed E-state index contributed by atoms with van der Waals surface area (Å²) in [5.41, 5.74) is 1.94. The first-order valence-electron chi connectivity index (χ1n) is 9.96. The van der Waals surface area contributed by atoms with Gasteiger partial charge in [0.25, 0.3) is 0 Å². The molecule has 1 atom stereocenters. The third kappa shape index (κ3) is 4.75. The van der Waals surface area contributed by atoms with Crippen LogP contribution in [-0.4, -0.2) is 59.3 Å². The molecule has 0 spiro atoms. The molecule has 4 rings (SSSR count). The van der Waals surface area contributed by atoms with Gasteiger partial charge in [0.15, 0.2) is 5.13 Å². The Morgan fingerprint density at radius 2 is 2.03 bits per heavy atom. The van der Waals surface area contributed by atoms with E-state index in [4.69, 9.17) is 0 Å². The van der Waals surface area contributed by atoms with Gasteiger partial charge in [-0.05, 0) is 24.0 Å². The number of hydrogen-bond acceptors (Lipinski definition) is 7. The summed E-state index contributed by atoms with van der Waals surface area (Å²) in [4.78, 5) is 23.6. The minimum atomic E-state index is 0.0103. The SMILES string of the molecule is CSc1cccc(C(=O)c2cnc(N3CCN(Cc4ccccc4)C(CO)C3)s2)c1. The molecule has 0 amide bonds. The largest absolute Gasteiger partial charge is 0.395 e. The van der Waals surface area contributed by atoms with Crippen molar-refractivity contribution in [3.63, 3.8) is 0 Å². The van der Waals surface area contributed by atoms with E-state index in [0.717, 1.165) is 29.7 Å². The van der Waals surface area contributed by atoms with Gasteiger partial charge in [-0.2, -0.15) is 0 Å². The second-order valence-electron chi connectivity index (χ2n) is 7.31. The Kier molecular flexibility index (Phi) is 6.84. The smallest absolute Gasteiger partial charge is 0.204 e. The molecule has 0 bridgehead atoms. The molecule has 1 fully saturated rings. The number of carbonyl (C=O) groups excluding carboxylic acids is 1. The molecule has 0 radical (unpaired) electrons. The van der Waals surface area contributed by atoms with Crippen LogP contribution < -0.4 is 4.90 Å². The maximum absolute atomic E-state index is 12.9. The van der Waals surface area contributed by atoms with Gasteiger partial charge in [0, 0.05) is 36.6 Å². The molecule has 2 heterocycles. The first-order chi connectivity index (χ1) is 14.7. The van der Waals surface area contributed by atoms with Crippen LogP contribution in [0.25, 0.3) is 0 Å². The molecule has 1 aromatic heterocycles. The van der Waals surface area contributed by atoms with E-state index in [0.29, 0.717) is 17.0 Å². The number of thioether (sulfide) groups is 1. The van der Waals surface area contributed by atoms with Crippen molar-refractivity contribution in [1.82, 2.24) is 9.88 Å². The molecule has 3 aromatic rings. The molecule has 0 saturated carbocycles. The second kappa shape index (κ2) is 9.75. The number of piperazine rings is 1. The number of hydrogen-bond donors (Lipinski definition) is 1. The third-order valence-corrected chi connectivity index (χ3v) is 7.15. The van der Waals surface area contributed by atoms with Crippen molar-refractivity contribution in [2.24, 2.45) is 0 Å². The van der Waals surface area contributed by atoms with E-state index in [-0.39, 0.29) is 18.4 Å². The number of aliphatic hydroxyl groups excluding tert-OH is 1. The fourth-order valence-corrected chi connectivity index (χ4v) is 5.06. The number of nitrogens with zero attached hydrogens (tertiary/aromatic N) is 3. The van der Waals surface area contributed by atoms with Gasteiger partial charge in [-0.3, -0.25) is 9.69 Å². The van der Waals surface area contributed by atoms with Crippen LogP contribution in [0, 0.1) is 0 Å². The fourth-order valence-electron chi connectivity index (χ4n) is 3.69. The summed E-state index contributed by atoms with van der Waals surface area (Å²) < 4.78 is 0. The van der Waals surface area contributed by atoms with Gasteiger partial charge in [0.1, 0.15) is 0 Å². The van der Waals surface area contributed by atoms with Gasteiger partial charge in [-0.25, -0.2) is 4.98 Å². The van der Waals surface area contributed by atoms with E-state index in [1.54, 1.807) is 18.0 Å². The van der Waals surface area contributed by atoms with Crippen molar-refractivity contribution in [3.8, 4) is 0 Å². The van der Waals surface area contributed by atoms with Crippen LogP contribution in [-0.2, 0) is 6.54 Å². The standard InChI is InChI=1S/C23H25N3O2S2/c1-29-20-9-5-8-18(12-20)22(28)21-13-24-23(30-21)26-11-10-25(19(15-26)16-27)14-17-6-3-2-4-7-17/h2-9,12-13,19,27H,10-11,14-16H2,1H3. The number of ketones is 1. The Morgan fingerprint density at radius 1 is 1.20 bits per heavy atom. The molecule has 156 valence electrons. The molecule has 1 aliphatic rings. The summed E-state index contributed by atoms with van der Waals surface area (Å²) in [5.74, 6) is 0.0103. The Morgan fingerprint density at radius 3 is 2.80 bits per heavy atom. The summed E-state index contributed by atoms with van der Waals surface area (Å²) in [6, 6.07) is 18.1. The van der Waals surface area contributed by atoms with Crippen LogP contribution in [0.1, 0.15) is 20.8 Å². The number of benzene rings is 2. The zero-order chi connectivity index (χ0) is 20.9. The monoisotopic (exact) mass is 439 g/mol. The summed E-state index contributed by atoms with van der Waals surface area (Å²) in [6.07, 6.45) is 3.68. The molecule has 30 heavy (non-hydrogen) atoms. The molecule has 5 nitrogen and oxygen atoms in total. The highest BCUT2D eigenvalue weighted by Gasteiger charge is 2.28. The lowest BCUT2D eigenvalue weighted by molar-refractivity contribution is 0.104. The summed E-state index contributed by atoms with van der Waals surface area (Å²) >= 11 is 3.06. The van der Waals surface area contributed by atoms with Crippen molar-refractivity contribution in [3.05, 3.63) is 76.8 Å². The van der Waals surface area contributed by atoms with E-state index in [1.165, 1.54) is 16.9 Å². The highest BCUT2D eigenvalue weighted by atomic mass is 32.2. The molecule has 7 heteroatoms. The van der Waals surface area contributed by atoms with Gasteiger partial charge in [0.05, 0.1) is 23.7 Å². The molecule has 0 aliphatic carbocycles. The van der Waals surface area contributed by atoms with Crippen LogP contribution in [0.4, 0.5) is 5.13 Å². The van der Waals surface area contributed by atoms with Crippen molar-refractivity contribution >= 4 is 34.0 Å². The van der Waals surface area contributed by atoms with Crippen molar-refractivity contribution < 1.29 is 9.90 Å². The van der Waals surface area contributed by atoms with Gasteiger partial charge in [-0.1, -0.05) is 53.8 Å². The predicted molar refractivity (Wildman–Crippen MR) is 124 cm³/mol. The highest BCUT2D eigenvalue weighted by molar-refractivity contribution is 7.98. The van der Waals surface area contributed by atoms with E-state index < -0.39 is 0 Å². The zero-order valence-electron chi connectivity index (χ0n) is 16.9. The minimum Gasteiger partial charge on any atom is -0.395 e. The number of aliphatic hydroxyl groups is 1. The van der Waals surface area contributed by atoms with Gasteiger partial charge < -0.3 is 10.0 Å². The lowest BCUT2D eigenvalue weighted by Crippen LogP contribution is -2.54. The average Bonchev–Trinajstić information content (AvgIpc) is 3.30. The van der Waals surface area contributed by atoms with Crippen molar-refractivity contribution in [2.45, 2.75) is 17.5 Å². The minimum absolute atomic E-state index is 0.0103. The van der Waals surface area contributed by atoms with E-state index in [1.807, 2.05) is 48.7 Å². The third-order valence-electron chi connectivity index (χ3n) is 5.36. The van der Waals surface area contributed by atoms with Crippen LogP contribution in [0.15, 0.2) is 65.7 Å². The lowest BCUT2D eigenvalue weighted by atomic mass is 10.1. The number of carbonyl (C=O) groups is 1. The van der Waals surface area contributed by atoms with Crippen LogP contribution >= 0.6 is 23.1 Å². The normalized spacial score (nSPS) is 17.3. The Hall–Kier alpha value is -2.19. The quantitative estimate of drug-likeness (QED) is 0.447. The topological polar surface area (TPSA) is 56.7 Å². The Labute approximate surface area is 185 Å². The number of thiazole rings is 1. The summed E-state index contributed by atoms with van der Waals surface area (Å²) in [6.45, 7) is 3.30. The predicted octanol–water partition coefficient (Wildman–Crippen LogP) is 3.78. The molecule has 1 N–H and O–H groups in total. The Balaban J connectivity index is 1.44. The first-order valence-corrected chi connectivity index (χ1v) is 12.0. The molecule has 1 aliphatic heterocycles. The molecule has 2 aromatic carbocycles. The Bertz CT molecular complexity index is 993. The number of rotatable bonds is 7. The molecular weight excluding hydrogens is 414 g/mol. The lowest BCUT2D eigenvalue weighted by Gasteiger charge is -2.40. The fraction of sp³-hybridized carbons (Fsp3) is 0.304. The zero-order valence-corrected chi connectivity index (χ0v) is 18.5. The van der Waals surface area contributed by atoms with Gasteiger partial charge in [0.2, 0.25) is 5.78 Å². The van der Waals surface area contributed by atoms with Crippen LogP contribution in [0.3, 0.4) is 0 Å².